The summed E-state index contributed by atoms with van der Waals surface area (Å²) in [7, 11) is -3.58. The third-order valence-corrected chi connectivity index (χ3v) is 5.79. The van der Waals surface area contributed by atoms with Crippen molar-refractivity contribution in [1.29, 1.82) is 0 Å². The van der Waals surface area contributed by atoms with Gasteiger partial charge in [-0.05, 0) is 68.2 Å². The molecule has 1 saturated heterocycles. The first-order valence-corrected chi connectivity index (χ1v) is 9.51. The molecule has 0 saturated carbocycles. The van der Waals surface area contributed by atoms with E-state index >= 15 is 0 Å². The van der Waals surface area contributed by atoms with Gasteiger partial charge in [0.25, 0.3) is 0 Å². The van der Waals surface area contributed by atoms with Crippen molar-refractivity contribution >= 4 is 10.0 Å². The lowest BCUT2D eigenvalue weighted by molar-refractivity contribution is 0.168. The Kier molecular flexibility index (Phi) is 5.33. The number of piperidine rings is 1. The van der Waals surface area contributed by atoms with E-state index in [9.17, 15) is 12.8 Å². The lowest BCUT2D eigenvalue weighted by atomic mass is 9.97. The van der Waals surface area contributed by atoms with Gasteiger partial charge in [-0.1, -0.05) is 0 Å². The average Bonchev–Trinajstić information content (AvgIpc) is 3.08. The molecular weight excluding hydrogens is 331 g/mol. The molecule has 5 nitrogen and oxygen atoms in total. The Morgan fingerprint density at radius 1 is 1.17 bits per heavy atom. The Hall–Kier alpha value is -1.70. The van der Waals surface area contributed by atoms with Crippen LogP contribution in [-0.4, -0.2) is 33.0 Å². The van der Waals surface area contributed by atoms with Crippen LogP contribution < -0.4 is 4.72 Å². The van der Waals surface area contributed by atoms with Gasteiger partial charge in [-0.2, -0.15) is 0 Å². The van der Waals surface area contributed by atoms with Gasteiger partial charge in [0.05, 0.1) is 17.7 Å². The van der Waals surface area contributed by atoms with Crippen LogP contribution in [0.4, 0.5) is 4.39 Å². The van der Waals surface area contributed by atoms with Crippen LogP contribution in [0.1, 0.15) is 18.6 Å². The summed E-state index contributed by atoms with van der Waals surface area (Å²) >= 11 is 0. The van der Waals surface area contributed by atoms with Crippen LogP contribution in [0.3, 0.4) is 0 Å². The fourth-order valence-electron chi connectivity index (χ4n) is 2.90. The molecule has 130 valence electrons. The fraction of sp³-hybridized carbons (Fsp3) is 0.412. The second kappa shape index (κ2) is 7.46. The molecule has 0 radical (unpaired) electrons. The van der Waals surface area contributed by atoms with E-state index in [-0.39, 0.29) is 4.90 Å². The van der Waals surface area contributed by atoms with E-state index in [1.165, 1.54) is 12.1 Å². The lowest BCUT2D eigenvalue weighted by Gasteiger charge is -2.31. The summed E-state index contributed by atoms with van der Waals surface area (Å²) in [5.74, 6) is 0.816. The first-order chi connectivity index (χ1) is 11.5. The van der Waals surface area contributed by atoms with Crippen molar-refractivity contribution in [3.8, 4) is 0 Å². The number of furan rings is 1. The van der Waals surface area contributed by atoms with E-state index in [1.807, 2.05) is 12.1 Å². The molecule has 1 N–H and O–H groups in total. The molecule has 0 unspecified atom stereocenters. The number of likely N-dealkylation sites (tertiary alicyclic amines) is 1. The minimum atomic E-state index is -3.58. The lowest BCUT2D eigenvalue weighted by Crippen LogP contribution is -2.38. The first kappa shape index (κ1) is 17.1. The third kappa shape index (κ3) is 4.43. The summed E-state index contributed by atoms with van der Waals surface area (Å²) in [5.41, 5.74) is 0. The van der Waals surface area contributed by atoms with Crippen molar-refractivity contribution in [2.24, 2.45) is 5.92 Å². The Morgan fingerprint density at radius 2 is 1.88 bits per heavy atom. The van der Waals surface area contributed by atoms with Crippen LogP contribution in [0, 0.1) is 11.7 Å². The standard InChI is InChI=1S/C17H21FN2O3S/c18-15-3-5-17(6-4-15)24(21,22)19-12-14-7-9-20(10-8-14)13-16-2-1-11-23-16/h1-6,11,14,19H,7-10,12-13H2. The topological polar surface area (TPSA) is 62.6 Å². The zero-order valence-corrected chi connectivity index (χ0v) is 14.1. The number of nitrogens with zero attached hydrogens (tertiary/aromatic N) is 1. The van der Waals surface area contributed by atoms with Gasteiger partial charge in [-0.25, -0.2) is 17.5 Å². The maximum atomic E-state index is 12.9. The molecule has 0 bridgehead atoms. The normalized spacial score (nSPS) is 17.2. The zero-order valence-electron chi connectivity index (χ0n) is 13.3. The molecule has 1 fully saturated rings. The van der Waals surface area contributed by atoms with Crippen LogP contribution >= 0.6 is 0 Å². The Morgan fingerprint density at radius 3 is 2.50 bits per heavy atom. The molecule has 3 rings (SSSR count). The molecule has 0 spiro atoms. The van der Waals surface area contributed by atoms with E-state index in [2.05, 4.69) is 9.62 Å². The molecular formula is C17H21FN2O3S. The number of rotatable bonds is 6. The van der Waals surface area contributed by atoms with Crippen molar-refractivity contribution < 1.29 is 17.2 Å². The Balaban J connectivity index is 1.47. The fourth-order valence-corrected chi connectivity index (χ4v) is 4.01. The predicted molar refractivity (Wildman–Crippen MR) is 88.3 cm³/mol. The quantitative estimate of drug-likeness (QED) is 0.868. The Labute approximate surface area is 141 Å². The number of sulfonamides is 1. The number of hydrogen-bond donors (Lipinski definition) is 1. The molecule has 24 heavy (non-hydrogen) atoms. The molecule has 1 aromatic heterocycles. The smallest absolute Gasteiger partial charge is 0.240 e. The molecule has 7 heteroatoms. The van der Waals surface area contributed by atoms with E-state index < -0.39 is 15.8 Å². The number of hydrogen-bond acceptors (Lipinski definition) is 4. The van der Waals surface area contributed by atoms with Crippen LogP contribution in [0.2, 0.25) is 0 Å². The van der Waals surface area contributed by atoms with Crippen LogP contribution in [0.5, 0.6) is 0 Å². The van der Waals surface area contributed by atoms with Gasteiger partial charge in [-0.15, -0.1) is 0 Å². The predicted octanol–water partition coefficient (Wildman–Crippen LogP) is 2.61. The van der Waals surface area contributed by atoms with Crippen LogP contribution in [0.25, 0.3) is 0 Å². The average molecular weight is 352 g/mol. The molecule has 2 aromatic rings. The highest BCUT2D eigenvalue weighted by molar-refractivity contribution is 7.89. The molecule has 0 atom stereocenters. The molecule has 0 aliphatic carbocycles. The summed E-state index contributed by atoms with van der Waals surface area (Å²) in [5, 5.41) is 0. The second-order valence-corrected chi connectivity index (χ2v) is 7.87. The molecule has 1 aromatic carbocycles. The van der Waals surface area contributed by atoms with Gasteiger partial charge in [-0.3, -0.25) is 4.90 Å². The monoisotopic (exact) mass is 352 g/mol. The highest BCUT2D eigenvalue weighted by Gasteiger charge is 2.22. The number of halogens is 1. The summed E-state index contributed by atoms with van der Waals surface area (Å²) in [4.78, 5) is 2.41. The van der Waals surface area contributed by atoms with Gasteiger partial charge in [0.1, 0.15) is 11.6 Å². The van der Waals surface area contributed by atoms with Crippen molar-refractivity contribution in [3.05, 3.63) is 54.2 Å². The highest BCUT2D eigenvalue weighted by atomic mass is 32.2. The highest BCUT2D eigenvalue weighted by Crippen LogP contribution is 2.19. The zero-order chi connectivity index (χ0) is 17.0. The van der Waals surface area contributed by atoms with Crippen molar-refractivity contribution in [2.45, 2.75) is 24.3 Å². The van der Waals surface area contributed by atoms with Gasteiger partial charge in [0.15, 0.2) is 0 Å². The SMILES string of the molecule is O=S(=O)(NCC1CCN(Cc2ccco2)CC1)c1ccc(F)cc1. The van der Waals surface area contributed by atoms with Crippen LogP contribution in [-0.2, 0) is 16.6 Å². The summed E-state index contributed by atoms with van der Waals surface area (Å²) in [6.07, 6.45) is 3.55. The summed E-state index contributed by atoms with van der Waals surface area (Å²) in [6, 6.07) is 8.71. The largest absolute Gasteiger partial charge is 0.468 e. The summed E-state index contributed by atoms with van der Waals surface area (Å²) < 4.78 is 45.3. The van der Waals surface area contributed by atoms with Crippen molar-refractivity contribution in [1.82, 2.24) is 9.62 Å². The van der Waals surface area contributed by atoms with Gasteiger partial charge >= 0.3 is 0 Å². The summed E-state index contributed by atoms with van der Waals surface area (Å²) in [6.45, 7) is 3.04. The number of nitrogens with one attached hydrogen (secondary N) is 1. The minimum Gasteiger partial charge on any atom is -0.468 e. The van der Waals surface area contributed by atoms with Gasteiger partial charge in [0, 0.05) is 6.54 Å². The maximum absolute atomic E-state index is 12.9. The maximum Gasteiger partial charge on any atom is 0.240 e. The minimum absolute atomic E-state index is 0.0964. The number of benzene rings is 1. The van der Waals surface area contributed by atoms with E-state index in [0.717, 1.165) is 50.4 Å². The molecule has 1 aliphatic heterocycles. The van der Waals surface area contributed by atoms with E-state index in [4.69, 9.17) is 4.42 Å². The molecule has 0 amide bonds. The third-order valence-electron chi connectivity index (χ3n) is 4.35. The van der Waals surface area contributed by atoms with Gasteiger partial charge < -0.3 is 4.42 Å². The van der Waals surface area contributed by atoms with E-state index in [0.29, 0.717) is 12.5 Å². The van der Waals surface area contributed by atoms with Crippen molar-refractivity contribution in [2.75, 3.05) is 19.6 Å². The second-order valence-electron chi connectivity index (χ2n) is 6.10. The van der Waals surface area contributed by atoms with E-state index in [1.54, 1.807) is 6.26 Å². The van der Waals surface area contributed by atoms with Crippen LogP contribution in [0.15, 0.2) is 52.0 Å². The molecule has 2 heterocycles. The van der Waals surface area contributed by atoms with Gasteiger partial charge in [0.2, 0.25) is 10.0 Å². The Bertz CT molecular complexity index is 737. The van der Waals surface area contributed by atoms with Crippen molar-refractivity contribution in [3.63, 3.8) is 0 Å². The molecule has 1 aliphatic rings. The first-order valence-electron chi connectivity index (χ1n) is 8.03.